The maximum atomic E-state index is 12.6. The van der Waals surface area contributed by atoms with Gasteiger partial charge in [-0.15, -0.1) is 0 Å². The number of aromatic amines is 2. The smallest absolute Gasteiger partial charge is 0.314 e. The third kappa shape index (κ3) is 1.98. The van der Waals surface area contributed by atoms with Gasteiger partial charge in [0, 0.05) is 6.20 Å². The number of nitrogens with one attached hydrogen (secondary N) is 2. The molecule has 0 radical (unpaired) electrons. The molecule has 0 spiro atoms. The van der Waals surface area contributed by atoms with E-state index in [1.807, 2.05) is 4.98 Å². The van der Waals surface area contributed by atoms with E-state index in [0.29, 0.717) is 6.20 Å². The van der Waals surface area contributed by atoms with Gasteiger partial charge in [-0.1, -0.05) is 0 Å². The minimum atomic E-state index is -3.29. The standard InChI is InChI=1S/C6H5F3N2O2/c7-3(4(8)9)2-1-10-6(13)11-5(2)12/h1,3-4H,(H2,10,11,12,13). The second-order valence-electron chi connectivity index (χ2n) is 2.26. The van der Waals surface area contributed by atoms with Gasteiger partial charge in [-0.05, 0) is 0 Å². The zero-order chi connectivity index (χ0) is 10.0. The lowest BCUT2D eigenvalue weighted by atomic mass is 10.2. The Bertz CT molecular complexity index is 397. The Morgan fingerprint density at radius 3 is 2.31 bits per heavy atom. The number of alkyl halides is 3. The highest BCUT2D eigenvalue weighted by molar-refractivity contribution is 5.07. The van der Waals surface area contributed by atoms with Crippen molar-refractivity contribution in [3.05, 3.63) is 32.6 Å². The molecule has 2 N–H and O–H groups in total. The van der Waals surface area contributed by atoms with Crippen molar-refractivity contribution in [1.29, 1.82) is 0 Å². The topological polar surface area (TPSA) is 65.7 Å². The van der Waals surface area contributed by atoms with Crippen LogP contribution in [-0.4, -0.2) is 16.4 Å². The lowest BCUT2D eigenvalue weighted by Crippen LogP contribution is -2.26. The lowest BCUT2D eigenvalue weighted by molar-refractivity contribution is 0.0485. The number of hydrogen-bond acceptors (Lipinski definition) is 2. The number of H-pyrrole nitrogens is 2. The summed E-state index contributed by atoms with van der Waals surface area (Å²) < 4.78 is 36.1. The van der Waals surface area contributed by atoms with Crippen molar-refractivity contribution in [2.24, 2.45) is 0 Å². The maximum absolute atomic E-state index is 12.6. The molecule has 0 saturated heterocycles. The van der Waals surface area contributed by atoms with Crippen molar-refractivity contribution in [1.82, 2.24) is 9.97 Å². The highest BCUT2D eigenvalue weighted by atomic mass is 19.3. The molecule has 0 aliphatic rings. The average Bonchev–Trinajstić information content (AvgIpc) is 2.03. The molecule has 1 rings (SSSR count). The molecule has 1 atom stereocenters. The molecule has 0 amide bonds. The van der Waals surface area contributed by atoms with Crippen molar-refractivity contribution in [2.75, 3.05) is 0 Å². The first-order chi connectivity index (χ1) is 6.02. The highest BCUT2D eigenvalue weighted by Crippen LogP contribution is 2.20. The van der Waals surface area contributed by atoms with E-state index in [0.717, 1.165) is 0 Å². The Labute approximate surface area is 69.4 Å². The van der Waals surface area contributed by atoms with Gasteiger partial charge in [0.05, 0.1) is 5.56 Å². The molecule has 0 fully saturated rings. The predicted molar refractivity (Wildman–Crippen MR) is 37.5 cm³/mol. The van der Waals surface area contributed by atoms with Crippen LogP contribution >= 0.6 is 0 Å². The summed E-state index contributed by atoms with van der Waals surface area (Å²) >= 11 is 0. The Morgan fingerprint density at radius 2 is 1.85 bits per heavy atom. The van der Waals surface area contributed by atoms with Crippen LogP contribution in [0.3, 0.4) is 0 Å². The zero-order valence-electron chi connectivity index (χ0n) is 6.18. The number of halogens is 3. The van der Waals surface area contributed by atoms with Gasteiger partial charge in [0.15, 0.2) is 6.17 Å². The molecule has 1 unspecified atom stereocenters. The van der Waals surface area contributed by atoms with Gasteiger partial charge < -0.3 is 4.98 Å². The molecule has 0 bridgehead atoms. The molecule has 1 aromatic rings. The molecular weight excluding hydrogens is 189 g/mol. The van der Waals surface area contributed by atoms with Gasteiger partial charge in [-0.25, -0.2) is 18.0 Å². The summed E-state index contributed by atoms with van der Waals surface area (Å²) in [6.07, 6.45) is -5.33. The molecular formula is C6H5F3N2O2. The summed E-state index contributed by atoms with van der Waals surface area (Å²) in [4.78, 5) is 24.7. The highest BCUT2D eigenvalue weighted by Gasteiger charge is 2.24. The van der Waals surface area contributed by atoms with Crippen LogP contribution in [0.4, 0.5) is 13.2 Å². The molecule has 4 nitrogen and oxygen atoms in total. The predicted octanol–water partition coefficient (Wildman–Crippen LogP) is 0.339. The Hall–Kier alpha value is -1.53. The van der Waals surface area contributed by atoms with Crippen LogP contribution in [0.1, 0.15) is 11.7 Å². The zero-order valence-corrected chi connectivity index (χ0v) is 6.18. The summed E-state index contributed by atoms with van der Waals surface area (Å²) in [6, 6.07) is 0. The molecule has 7 heteroatoms. The fourth-order valence-corrected chi connectivity index (χ4v) is 0.761. The van der Waals surface area contributed by atoms with Gasteiger partial charge in [-0.3, -0.25) is 9.78 Å². The number of hydrogen-bond donors (Lipinski definition) is 2. The van der Waals surface area contributed by atoms with Crippen molar-refractivity contribution in [2.45, 2.75) is 12.6 Å². The van der Waals surface area contributed by atoms with E-state index in [2.05, 4.69) is 0 Å². The average molecular weight is 194 g/mol. The summed E-state index contributed by atoms with van der Waals surface area (Å²) in [5.41, 5.74) is -2.79. The van der Waals surface area contributed by atoms with E-state index in [4.69, 9.17) is 0 Å². The third-order valence-electron chi connectivity index (χ3n) is 1.37. The first-order valence-corrected chi connectivity index (χ1v) is 3.26. The largest absolute Gasteiger partial charge is 0.325 e. The van der Waals surface area contributed by atoms with E-state index in [-0.39, 0.29) is 0 Å². The van der Waals surface area contributed by atoms with E-state index < -0.39 is 29.4 Å². The van der Waals surface area contributed by atoms with E-state index in [1.54, 1.807) is 4.98 Å². The van der Waals surface area contributed by atoms with E-state index in [1.165, 1.54) is 0 Å². The fraction of sp³-hybridized carbons (Fsp3) is 0.333. The summed E-state index contributed by atoms with van der Waals surface area (Å²) in [5, 5.41) is 0. The molecule has 0 aliphatic carbocycles. The second kappa shape index (κ2) is 3.46. The molecule has 13 heavy (non-hydrogen) atoms. The maximum Gasteiger partial charge on any atom is 0.325 e. The van der Waals surface area contributed by atoms with Crippen LogP contribution in [0.15, 0.2) is 15.8 Å². The van der Waals surface area contributed by atoms with Crippen molar-refractivity contribution >= 4 is 0 Å². The van der Waals surface area contributed by atoms with Crippen molar-refractivity contribution in [3.63, 3.8) is 0 Å². The van der Waals surface area contributed by atoms with Gasteiger partial charge in [0.25, 0.3) is 12.0 Å². The molecule has 0 aliphatic heterocycles. The van der Waals surface area contributed by atoms with Gasteiger partial charge in [0.1, 0.15) is 0 Å². The van der Waals surface area contributed by atoms with Gasteiger partial charge >= 0.3 is 5.69 Å². The third-order valence-corrected chi connectivity index (χ3v) is 1.37. The van der Waals surface area contributed by atoms with Crippen molar-refractivity contribution in [3.8, 4) is 0 Å². The summed E-state index contributed by atoms with van der Waals surface area (Å²) in [7, 11) is 0. The first kappa shape index (κ1) is 9.56. The van der Waals surface area contributed by atoms with Crippen molar-refractivity contribution < 1.29 is 13.2 Å². The van der Waals surface area contributed by atoms with Crippen LogP contribution in [0.5, 0.6) is 0 Å². The van der Waals surface area contributed by atoms with Crippen LogP contribution in [0.2, 0.25) is 0 Å². The molecule has 1 aromatic heterocycles. The second-order valence-corrected chi connectivity index (χ2v) is 2.26. The van der Waals surface area contributed by atoms with E-state index >= 15 is 0 Å². The van der Waals surface area contributed by atoms with Crippen LogP contribution in [0, 0.1) is 0 Å². The first-order valence-electron chi connectivity index (χ1n) is 3.26. The molecule has 1 heterocycles. The van der Waals surface area contributed by atoms with Gasteiger partial charge in [0.2, 0.25) is 0 Å². The lowest BCUT2D eigenvalue weighted by Gasteiger charge is -2.03. The van der Waals surface area contributed by atoms with Gasteiger partial charge in [-0.2, -0.15) is 0 Å². The van der Waals surface area contributed by atoms with Crippen LogP contribution < -0.4 is 11.2 Å². The minimum Gasteiger partial charge on any atom is -0.314 e. The minimum absolute atomic E-state index is 0.637. The Morgan fingerprint density at radius 1 is 1.23 bits per heavy atom. The summed E-state index contributed by atoms with van der Waals surface area (Å²) in [5.74, 6) is 0. The normalized spacial score (nSPS) is 13.2. The van der Waals surface area contributed by atoms with Crippen LogP contribution in [-0.2, 0) is 0 Å². The molecule has 0 aromatic carbocycles. The van der Waals surface area contributed by atoms with Crippen LogP contribution in [0.25, 0.3) is 0 Å². The monoisotopic (exact) mass is 194 g/mol. The van der Waals surface area contributed by atoms with E-state index in [9.17, 15) is 22.8 Å². The number of aromatic nitrogens is 2. The Balaban J connectivity index is 3.17. The quantitative estimate of drug-likeness (QED) is 0.712. The summed E-state index contributed by atoms with van der Waals surface area (Å²) in [6.45, 7) is 0. The Kier molecular flexibility index (Phi) is 2.54. The molecule has 72 valence electrons. The number of rotatable bonds is 2. The SMILES string of the molecule is O=c1[nH]cc(C(F)C(F)F)c(=O)[nH]1. The fourth-order valence-electron chi connectivity index (χ4n) is 0.761. The molecule has 0 saturated carbocycles.